The van der Waals surface area contributed by atoms with E-state index in [4.69, 9.17) is 5.73 Å². The lowest BCUT2D eigenvalue weighted by Gasteiger charge is -2.14. The van der Waals surface area contributed by atoms with E-state index in [1.807, 2.05) is 48.0 Å². The second-order valence-corrected chi connectivity index (χ2v) is 5.12. The van der Waals surface area contributed by atoms with Gasteiger partial charge in [0.25, 0.3) is 5.91 Å². The molecule has 0 aliphatic carbocycles. The van der Waals surface area contributed by atoms with Gasteiger partial charge in [-0.2, -0.15) is 11.3 Å². The first-order valence-corrected chi connectivity index (χ1v) is 7.27. The van der Waals surface area contributed by atoms with Crippen LogP contribution in [0.1, 0.15) is 34.5 Å². The molecule has 0 aliphatic heterocycles. The largest absolute Gasteiger partial charge is 0.345 e. The van der Waals surface area contributed by atoms with Gasteiger partial charge in [-0.3, -0.25) is 4.79 Å². The highest BCUT2D eigenvalue weighted by atomic mass is 32.1. The number of rotatable bonds is 3. The van der Waals surface area contributed by atoms with E-state index in [1.165, 1.54) is 11.3 Å². The van der Waals surface area contributed by atoms with Crippen molar-refractivity contribution >= 4 is 17.2 Å². The van der Waals surface area contributed by atoms with Crippen molar-refractivity contribution in [1.29, 1.82) is 0 Å². The summed E-state index contributed by atoms with van der Waals surface area (Å²) in [5, 5.41) is 6.71. The molecule has 2 aromatic rings. The van der Waals surface area contributed by atoms with Crippen molar-refractivity contribution in [3.8, 4) is 11.8 Å². The summed E-state index contributed by atoms with van der Waals surface area (Å²) in [5.41, 5.74) is 7.99. The number of carbonyl (C=O) groups excluding carboxylic acids is 1. The maximum Gasteiger partial charge on any atom is 0.252 e. The molecule has 0 spiro atoms. The number of carbonyl (C=O) groups is 1. The van der Waals surface area contributed by atoms with E-state index in [9.17, 15) is 4.79 Å². The van der Waals surface area contributed by atoms with Gasteiger partial charge in [0, 0.05) is 10.9 Å². The molecule has 0 saturated heterocycles. The number of thiophene rings is 1. The summed E-state index contributed by atoms with van der Waals surface area (Å²) in [6, 6.07) is 9.56. The maximum atomic E-state index is 12.0. The average molecular weight is 284 g/mol. The molecule has 1 aromatic carbocycles. The number of nitrogens with two attached hydrogens (primary N) is 1. The summed E-state index contributed by atoms with van der Waals surface area (Å²) in [7, 11) is 0. The zero-order valence-corrected chi connectivity index (χ0v) is 12.0. The molecule has 1 atom stereocenters. The lowest BCUT2D eigenvalue weighted by molar-refractivity contribution is 0.0940. The van der Waals surface area contributed by atoms with Crippen LogP contribution in [0.5, 0.6) is 0 Å². The fourth-order valence-corrected chi connectivity index (χ4v) is 2.43. The SMILES string of the molecule is CC(NC(=O)c1ccsc1)c1cccc(C#CCN)c1. The van der Waals surface area contributed by atoms with Crippen molar-refractivity contribution in [2.24, 2.45) is 5.73 Å². The Balaban J connectivity index is 2.09. The van der Waals surface area contributed by atoms with Crippen LogP contribution in [0.25, 0.3) is 0 Å². The summed E-state index contributed by atoms with van der Waals surface area (Å²) in [5.74, 6) is 5.76. The van der Waals surface area contributed by atoms with E-state index < -0.39 is 0 Å². The zero-order chi connectivity index (χ0) is 14.4. The van der Waals surface area contributed by atoms with Gasteiger partial charge in [0.2, 0.25) is 0 Å². The van der Waals surface area contributed by atoms with Gasteiger partial charge in [0.05, 0.1) is 18.2 Å². The highest BCUT2D eigenvalue weighted by Crippen LogP contribution is 2.15. The molecule has 0 radical (unpaired) electrons. The van der Waals surface area contributed by atoms with Crippen LogP contribution in [0.4, 0.5) is 0 Å². The average Bonchev–Trinajstić information content (AvgIpc) is 2.99. The van der Waals surface area contributed by atoms with Gasteiger partial charge in [-0.1, -0.05) is 24.0 Å². The molecule has 0 bridgehead atoms. The van der Waals surface area contributed by atoms with E-state index >= 15 is 0 Å². The van der Waals surface area contributed by atoms with Crippen LogP contribution in [0, 0.1) is 11.8 Å². The summed E-state index contributed by atoms with van der Waals surface area (Å²) < 4.78 is 0. The van der Waals surface area contributed by atoms with Gasteiger partial charge in [0.1, 0.15) is 0 Å². The van der Waals surface area contributed by atoms with Crippen LogP contribution in [-0.2, 0) is 0 Å². The standard InChI is InChI=1S/C16H16N2OS/c1-12(18-16(19)15-7-9-20-11-15)14-6-2-4-13(10-14)5-3-8-17/h2,4,6-7,9-12H,8,17H2,1H3,(H,18,19). The first-order valence-electron chi connectivity index (χ1n) is 6.32. The van der Waals surface area contributed by atoms with E-state index in [1.54, 1.807) is 0 Å². The van der Waals surface area contributed by atoms with E-state index in [0.717, 1.165) is 11.1 Å². The van der Waals surface area contributed by atoms with Crippen LogP contribution in [0.3, 0.4) is 0 Å². The summed E-state index contributed by atoms with van der Waals surface area (Å²) in [6.07, 6.45) is 0. The molecule has 1 heterocycles. The minimum Gasteiger partial charge on any atom is -0.345 e. The van der Waals surface area contributed by atoms with Crippen molar-refractivity contribution in [1.82, 2.24) is 5.32 Å². The molecule has 4 heteroatoms. The third-order valence-electron chi connectivity index (χ3n) is 2.85. The molecular formula is C16H16N2OS. The smallest absolute Gasteiger partial charge is 0.252 e. The van der Waals surface area contributed by atoms with Gasteiger partial charge < -0.3 is 11.1 Å². The lowest BCUT2D eigenvalue weighted by atomic mass is 10.0. The number of benzene rings is 1. The first kappa shape index (κ1) is 14.3. The van der Waals surface area contributed by atoms with E-state index in [-0.39, 0.29) is 11.9 Å². The predicted molar refractivity (Wildman–Crippen MR) is 82.6 cm³/mol. The fourth-order valence-electron chi connectivity index (χ4n) is 1.80. The molecule has 102 valence electrons. The molecule has 20 heavy (non-hydrogen) atoms. The minimum absolute atomic E-state index is 0.0582. The second kappa shape index (κ2) is 6.90. The van der Waals surface area contributed by atoms with Crippen LogP contribution in [0.15, 0.2) is 41.1 Å². The monoisotopic (exact) mass is 284 g/mol. The molecule has 1 aromatic heterocycles. The molecule has 1 amide bonds. The Labute approximate surface area is 122 Å². The molecule has 3 N–H and O–H groups in total. The topological polar surface area (TPSA) is 55.1 Å². The quantitative estimate of drug-likeness (QED) is 0.851. The van der Waals surface area contributed by atoms with E-state index in [0.29, 0.717) is 12.1 Å². The molecule has 1 unspecified atom stereocenters. The van der Waals surface area contributed by atoms with Gasteiger partial charge >= 0.3 is 0 Å². The van der Waals surface area contributed by atoms with Gasteiger partial charge in [-0.05, 0) is 36.1 Å². The molecule has 2 rings (SSSR count). The number of hydrogen-bond donors (Lipinski definition) is 2. The Kier molecular flexibility index (Phi) is 4.94. The Morgan fingerprint density at radius 3 is 3.00 bits per heavy atom. The summed E-state index contributed by atoms with van der Waals surface area (Å²) in [6.45, 7) is 2.30. The Morgan fingerprint density at radius 1 is 1.45 bits per heavy atom. The number of hydrogen-bond acceptors (Lipinski definition) is 3. The highest BCUT2D eigenvalue weighted by molar-refractivity contribution is 7.08. The number of amides is 1. The Hall–Kier alpha value is -2.09. The molecule has 0 fully saturated rings. The van der Waals surface area contributed by atoms with E-state index in [2.05, 4.69) is 17.2 Å². The van der Waals surface area contributed by atoms with Crippen molar-refractivity contribution < 1.29 is 4.79 Å². The fraction of sp³-hybridized carbons (Fsp3) is 0.188. The van der Waals surface area contributed by atoms with Crippen molar-refractivity contribution in [2.75, 3.05) is 6.54 Å². The van der Waals surface area contributed by atoms with Crippen molar-refractivity contribution in [3.63, 3.8) is 0 Å². The number of nitrogens with one attached hydrogen (secondary N) is 1. The van der Waals surface area contributed by atoms with Gasteiger partial charge in [-0.25, -0.2) is 0 Å². The van der Waals surface area contributed by atoms with Crippen molar-refractivity contribution in [3.05, 3.63) is 57.8 Å². The van der Waals surface area contributed by atoms with Crippen molar-refractivity contribution in [2.45, 2.75) is 13.0 Å². The van der Waals surface area contributed by atoms with Crippen LogP contribution < -0.4 is 11.1 Å². The van der Waals surface area contributed by atoms with Crippen LogP contribution in [0.2, 0.25) is 0 Å². The zero-order valence-electron chi connectivity index (χ0n) is 11.2. The third-order valence-corrected chi connectivity index (χ3v) is 3.54. The molecule has 3 nitrogen and oxygen atoms in total. The Morgan fingerprint density at radius 2 is 2.30 bits per heavy atom. The second-order valence-electron chi connectivity index (χ2n) is 4.34. The Bertz CT molecular complexity index is 638. The first-order chi connectivity index (χ1) is 9.70. The van der Waals surface area contributed by atoms with Gasteiger partial charge in [0.15, 0.2) is 0 Å². The molecule has 0 saturated carbocycles. The highest BCUT2D eigenvalue weighted by Gasteiger charge is 2.11. The van der Waals surface area contributed by atoms with Gasteiger partial charge in [-0.15, -0.1) is 0 Å². The summed E-state index contributed by atoms with van der Waals surface area (Å²) >= 11 is 1.51. The molecule has 0 aliphatic rings. The van der Waals surface area contributed by atoms with Crippen LogP contribution >= 0.6 is 11.3 Å². The summed E-state index contributed by atoms with van der Waals surface area (Å²) in [4.78, 5) is 12.0. The third kappa shape index (κ3) is 3.70. The normalized spacial score (nSPS) is 11.3. The predicted octanol–water partition coefficient (Wildman–Crippen LogP) is 2.55. The lowest BCUT2D eigenvalue weighted by Crippen LogP contribution is -2.26. The maximum absolute atomic E-state index is 12.0. The molecular weight excluding hydrogens is 268 g/mol. The minimum atomic E-state index is -0.0676. The van der Waals surface area contributed by atoms with Crippen LogP contribution in [-0.4, -0.2) is 12.5 Å².